The first-order valence-electron chi connectivity index (χ1n) is 6.12. The number of sulfonamides is 1. The van der Waals surface area contributed by atoms with E-state index in [1.165, 1.54) is 10.4 Å². The van der Waals surface area contributed by atoms with E-state index < -0.39 is 10.0 Å². The maximum absolute atomic E-state index is 12.6. The molecule has 2 rings (SSSR count). The van der Waals surface area contributed by atoms with Crippen LogP contribution in [-0.2, 0) is 16.6 Å². The molecule has 1 heterocycles. The summed E-state index contributed by atoms with van der Waals surface area (Å²) in [6, 6.07) is 8.82. The van der Waals surface area contributed by atoms with Crippen LogP contribution in [0.2, 0.25) is 0 Å². The second-order valence-corrected chi connectivity index (χ2v) is 8.01. The lowest BCUT2D eigenvalue weighted by atomic mass is 10.1. The van der Waals surface area contributed by atoms with Crippen LogP contribution in [-0.4, -0.2) is 20.6 Å². The number of thiophene rings is 1. The minimum absolute atomic E-state index is 0.145. The van der Waals surface area contributed by atoms with E-state index in [0.29, 0.717) is 10.6 Å². The molecule has 1 N–H and O–H groups in total. The highest BCUT2D eigenvalue weighted by Crippen LogP contribution is 2.29. The van der Waals surface area contributed by atoms with Crippen molar-refractivity contribution in [1.29, 1.82) is 0 Å². The van der Waals surface area contributed by atoms with Gasteiger partial charge in [0.05, 0.1) is 12.3 Å². The molecular weight excluding hydrogens is 294 g/mol. The third-order valence-electron chi connectivity index (χ3n) is 3.10. The van der Waals surface area contributed by atoms with Crippen molar-refractivity contribution in [3.63, 3.8) is 0 Å². The number of benzene rings is 1. The molecule has 0 atom stereocenters. The molecule has 2 aromatic rings. The van der Waals surface area contributed by atoms with Gasteiger partial charge >= 0.3 is 0 Å². The molecule has 0 radical (unpaired) electrons. The molecule has 0 unspecified atom stereocenters. The molecule has 0 aliphatic rings. The summed E-state index contributed by atoms with van der Waals surface area (Å²) in [5.41, 5.74) is 2.67. The number of aliphatic hydroxyl groups excluding tert-OH is 1. The Morgan fingerprint density at radius 1 is 1.20 bits per heavy atom. The number of aryl methyl sites for hydroxylation is 2. The molecule has 0 saturated heterocycles. The lowest BCUT2D eigenvalue weighted by Gasteiger charge is -2.20. The predicted octanol–water partition coefficient (Wildman–Crippen LogP) is 2.68. The first-order valence-corrected chi connectivity index (χ1v) is 8.37. The second-order valence-electron chi connectivity index (χ2n) is 4.64. The SMILES string of the molecule is Cc1ccc(N(C)S(=O)(=O)c2ccc(CO)s2)c(C)c1. The Labute approximate surface area is 123 Å². The van der Waals surface area contributed by atoms with E-state index in [-0.39, 0.29) is 10.8 Å². The van der Waals surface area contributed by atoms with Crippen molar-refractivity contribution in [1.82, 2.24) is 0 Å². The molecule has 0 aliphatic heterocycles. The van der Waals surface area contributed by atoms with E-state index in [9.17, 15) is 8.42 Å². The summed E-state index contributed by atoms with van der Waals surface area (Å²) in [5, 5.41) is 9.05. The number of hydrogen-bond donors (Lipinski definition) is 1. The van der Waals surface area contributed by atoms with E-state index >= 15 is 0 Å². The van der Waals surface area contributed by atoms with Crippen LogP contribution in [0, 0.1) is 13.8 Å². The van der Waals surface area contributed by atoms with Crippen molar-refractivity contribution in [3.05, 3.63) is 46.3 Å². The molecule has 108 valence electrons. The summed E-state index contributed by atoms with van der Waals surface area (Å²) >= 11 is 1.09. The van der Waals surface area contributed by atoms with Gasteiger partial charge in [-0.15, -0.1) is 11.3 Å². The maximum Gasteiger partial charge on any atom is 0.273 e. The van der Waals surface area contributed by atoms with Crippen LogP contribution >= 0.6 is 11.3 Å². The highest BCUT2D eigenvalue weighted by atomic mass is 32.2. The van der Waals surface area contributed by atoms with E-state index in [0.717, 1.165) is 22.5 Å². The van der Waals surface area contributed by atoms with Gasteiger partial charge in [0.1, 0.15) is 4.21 Å². The largest absolute Gasteiger partial charge is 0.391 e. The molecule has 0 spiro atoms. The summed E-state index contributed by atoms with van der Waals surface area (Å²) in [6.07, 6.45) is 0. The van der Waals surface area contributed by atoms with Crippen LogP contribution in [0.15, 0.2) is 34.5 Å². The highest BCUT2D eigenvalue weighted by molar-refractivity contribution is 7.94. The summed E-state index contributed by atoms with van der Waals surface area (Å²) < 4.78 is 26.6. The average molecular weight is 311 g/mol. The fourth-order valence-corrected chi connectivity index (χ4v) is 4.65. The zero-order chi connectivity index (χ0) is 14.9. The number of anilines is 1. The normalized spacial score (nSPS) is 11.6. The maximum atomic E-state index is 12.6. The molecule has 0 bridgehead atoms. The van der Waals surface area contributed by atoms with Crippen LogP contribution in [0.4, 0.5) is 5.69 Å². The minimum atomic E-state index is -3.58. The molecular formula is C14H17NO3S2. The summed E-state index contributed by atoms with van der Waals surface area (Å²) in [7, 11) is -2.03. The van der Waals surface area contributed by atoms with Gasteiger partial charge in [0.25, 0.3) is 10.0 Å². The molecule has 0 saturated carbocycles. The monoisotopic (exact) mass is 311 g/mol. The molecule has 6 heteroatoms. The summed E-state index contributed by atoms with van der Waals surface area (Å²) in [4.78, 5) is 0.637. The minimum Gasteiger partial charge on any atom is -0.391 e. The Bertz CT molecular complexity index is 720. The van der Waals surface area contributed by atoms with Gasteiger partial charge in [0, 0.05) is 11.9 Å². The van der Waals surface area contributed by atoms with Crippen molar-refractivity contribution < 1.29 is 13.5 Å². The van der Waals surface area contributed by atoms with Crippen LogP contribution in [0.1, 0.15) is 16.0 Å². The standard InChI is InChI=1S/C14H17NO3S2/c1-10-4-6-13(11(2)8-10)15(3)20(17,18)14-7-5-12(9-16)19-14/h4-8,16H,9H2,1-3H3. The Morgan fingerprint density at radius 3 is 2.45 bits per heavy atom. The lowest BCUT2D eigenvalue weighted by molar-refractivity contribution is 0.285. The van der Waals surface area contributed by atoms with Crippen LogP contribution < -0.4 is 4.31 Å². The zero-order valence-electron chi connectivity index (χ0n) is 11.6. The van der Waals surface area contributed by atoms with Crippen molar-refractivity contribution in [2.45, 2.75) is 24.7 Å². The Balaban J connectivity index is 2.43. The third kappa shape index (κ3) is 2.72. The average Bonchev–Trinajstić information content (AvgIpc) is 2.87. The first kappa shape index (κ1) is 15.0. The third-order valence-corrected chi connectivity index (χ3v) is 6.41. The molecule has 1 aromatic carbocycles. The number of hydrogen-bond acceptors (Lipinski definition) is 4. The fraction of sp³-hybridized carbons (Fsp3) is 0.286. The van der Waals surface area contributed by atoms with Crippen molar-refractivity contribution in [3.8, 4) is 0 Å². The molecule has 0 amide bonds. The van der Waals surface area contributed by atoms with Gasteiger partial charge in [-0.25, -0.2) is 8.42 Å². The van der Waals surface area contributed by atoms with E-state index in [2.05, 4.69) is 0 Å². The number of aliphatic hydroxyl groups is 1. The summed E-state index contributed by atoms with van der Waals surface area (Å²) in [6.45, 7) is 3.72. The predicted molar refractivity (Wildman–Crippen MR) is 81.7 cm³/mol. The van der Waals surface area contributed by atoms with Gasteiger partial charge in [0.2, 0.25) is 0 Å². The molecule has 4 nitrogen and oxygen atoms in total. The Hall–Kier alpha value is -1.37. The topological polar surface area (TPSA) is 57.6 Å². The van der Waals surface area contributed by atoms with E-state index in [4.69, 9.17) is 5.11 Å². The van der Waals surface area contributed by atoms with Crippen molar-refractivity contribution in [2.75, 3.05) is 11.4 Å². The molecule has 0 aliphatic carbocycles. The van der Waals surface area contributed by atoms with Gasteiger partial charge in [-0.2, -0.15) is 0 Å². The van der Waals surface area contributed by atoms with E-state index in [1.807, 2.05) is 32.0 Å². The van der Waals surface area contributed by atoms with Crippen molar-refractivity contribution in [2.24, 2.45) is 0 Å². The number of nitrogens with zero attached hydrogens (tertiary/aromatic N) is 1. The highest BCUT2D eigenvalue weighted by Gasteiger charge is 2.24. The van der Waals surface area contributed by atoms with E-state index in [1.54, 1.807) is 13.1 Å². The quantitative estimate of drug-likeness (QED) is 0.944. The van der Waals surface area contributed by atoms with Crippen LogP contribution in [0.25, 0.3) is 0 Å². The Morgan fingerprint density at radius 2 is 1.90 bits per heavy atom. The zero-order valence-corrected chi connectivity index (χ0v) is 13.3. The van der Waals surface area contributed by atoms with Crippen LogP contribution in [0.3, 0.4) is 0 Å². The van der Waals surface area contributed by atoms with Crippen LogP contribution in [0.5, 0.6) is 0 Å². The first-order chi connectivity index (χ1) is 9.36. The summed E-state index contributed by atoms with van der Waals surface area (Å²) in [5.74, 6) is 0. The van der Waals surface area contributed by atoms with Gasteiger partial charge in [-0.05, 0) is 37.6 Å². The fourth-order valence-electron chi connectivity index (χ4n) is 2.00. The van der Waals surface area contributed by atoms with Gasteiger partial charge in [0.15, 0.2) is 0 Å². The van der Waals surface area contributed by atoms with Gasteiger partial charge < -0.3 is 5.11 Å². The lowest BCUT2D eigenvalue weighted by Crippen LogP contribution is -2.26. The smallest absolute Gasteiger partial charge is 0.273 e. The molecule has 1 aromatic heterocycles. The molecule has 0 fully saturated rings. The number of rotatable bonds is 4. The van der Waals surface area contributed by atoms with Crippen molar-refractivity contribution >= 4 is 27.0 Å². The molecule has 20 heavy (non-hydrogen) atoms. The Kier molecular flexibility index (Phi) is 4.17. The van der Waals surface area contributed by atoms with Gasteiger partial charge in [-0.1, -0.05) is 17.7 Å². The van der Waals surface area contributed by atoms with Gasteiger partial charge in [-0.3, -0.25) is 4.31 Å². The second kappa shape index (κ2) is 5.55.